The molecule has 4 rings (SSSR count). The summed E-state index contributed by atoms with van der Waals surface area (Å²) in [6, 6.07) is 15.9. The molecule has 0 saturated carbocycles. The first-order chi connectivity index (χ1) is 14.9. The molecule has 31 heavy (non-hydrogen) atoms. The molecule has 2 aromatic carbocycles. The molecule has 2 N–H and O–H groups in total. The van der Waals surface area contributed by atoms with Gasteiger partial charge in [0.2, 0.25) is 11.7 Å². The van der Waals surface area contributed by atoms with Gasteiger partial charge in [-0.3, -0.25) is 9.52 Å². The van der Waals surface area contributed by atoms with E-state index >= 15 is 0 Å². The molecule has 0 atom stereocenters. The molecule has 0 bridgehead atoms. The molecule has 0 spiro atoms. The Morgan fingerprint density at radius 3 is 2.48 bits per heavy atom. The number of anilines is 1. The number of hydrogen-bond acceptors (Lipinski definition) is 7. The largest absolute Gasteiger partial charge is 0.342 e. The lowest BCUT2D eigenvalue weighted by molar-refractivity contribution is 0.0950. The molecule has 0 unspecified atom stereocenters. The number of halogens is 1. The lowest BCUT2D eigenvalue weighted by Gasteiger charge is -2.08. The van der Waals surface area contributed by atoms with Crippen molar-refractivity contribution in [2.75, 3.05) is 4.72 Å². The molecule has 1 amide bonds. The predicted octanol–water partition coefficient (Wildman–Crippen LogP) is 4.18. The van der Waals surface area contributed by atoms with Crippen LogP contribution in [0.25, 0.3) is 11.4 Å². The Kier molecular flexibility index (Phi) is 6.03. The summed E-state index contributed by atoms with van der Waals surface area (Å²) < 4.78 is 32.6. The van der Waals surface area contributed by atoms with E-state index in [0.29, 0.717) is 27.0 Å². The molecule has 0 aliphatic carbocycles. The van der Waals surface area contributed by atoms with Gasteiger partial charge in [0, 0.05) is 16.3 Å². The highest BCUT2D eigenvalue weighted by Gasteiger charge is 2.15. The molecule has 11 heteroatoms. The van der Waals surface area contributed by atoms with Crippen LogP contribution < -0.4 is 10.0 Å². The molecule has 158 valence electrons. The second-order valence-electron chi connectivity index (χ2n) is 6.31. The average molecular weight is 475 g/mol. The van der Waals surface area contributed by atoms with Crippen molar-refractivity contribution in [3.63, 3.8) is 0 Å². The maximum atomic E-state index is 12.5. The third-order valence-corrected chi connectivity index (χ3v) is 6.65. The van der Waals surface area contributed by atoms with Crippen molar-refractivity contribution in [1.82, 2.24) is 15.5 Å². The summed E-state index contributed by atoms with van der Waals surface area (Å²) in [6.07, 6.45) is 0. The van der Waals surface area contributed by atoms with Crippen molar-refractivity contribution in [3.05, 3.63) is 81.8 Å². The van der Waals surface area contributed by atoms with Crippen LogP contribution >= 0.6 is 22.9 Å². The number of nitrogens with zero attached hydrogens (tertiary/aromatic N) is 2. The van der Waals surface area contributed by atoms with Crippen LogP contribution in [-0.2, 0) is 16.6 Å². The van der Waals surface area contributed by atoms with E-state index in [1.165, 1.54) is 35.6 Å². The standard InChI is InChI=1S/C20H15ClN4O4S2/c21-14-5-9-16(10-6-14)31(27,28)25-15-7-3-13(4-8-15)19-23-18(29-24-19)12-22-20(26)17-2-1-11-30-17/h1-11,25H,12H2,(H,22,26). The Hall–Kier alpha value is -3.21. The van der Waals surface area contributed by atoms with Gasteiger partial charge in [-0.15, -0.1) is 11.3 Å². The molecule has 0 saturated heterocycles. The highest BCUT2D eigenvalue weighted by Crippen LogP contribution is 2.22. The number of aromatic nitrogens is 2. The van der Waals surface area contributed by atoms with Gasteiger partial charge >= 0.3 is 0 Å². The van der Waals surface area contributed by atoms with E-state index in [1.54, 1.807) is 36.4 Å². The zero-order valence-electron chi connectivity index (χ0n) is 15.8. The zero-order valence-corrected chi connectivity index (χ0v) is 18.2. The number of rotatable bonds is 7. The minimum Gasteiger partial charge on any atom is -0.342 e. The molecule has 0 fully saturated rings. The first-order valence-corrected chi connectivity index (χ1v) is 11.7. The van der Waals surface area contributed by atoms with Gasteiger partial charge in [-0.2, -0.15) is 4.98 Å². The Balaban J connectivity index is 1.40. The fourth-order valence-electron chi connectivity index (χ4n) is 2.61. The first-order valence-electron chi connectivity index (χ1n) is 8.94. The Labute approximate surface area is 186 Å². The van der Waals surface area contributed by atoms with Crippen molar-refractivity contribution < 1.29 is 17.7 Å². The van der Waals surface area contributed by atoms with Crippen LogP contribution in [0.4, 0.5) is 5.69 Å². The Bertz CT molecular complexity index is 1290. The van der Waals surface area contributed by atoms with Gasteiger partial charge in [-0.1, -0.05) is 22.8 Å². The number of benzene rings is 2. The van der Waals surface area contributed by atoms with Gasteiger partial charge in [0.05, 0.1) is 16.3 Å². The Morgan fingerprint density at radius 1 is 1.06 bits per heavy atom. The smallest absolute Gasteiger partial charge is 0.261 e. The van der Waals surface area contributed by atoms with Crippen LogP contribution in [0.3, 0.4) is 0 Å². The van der Waals surface area contributed by atoms with E-state index in [-0.39, 0.29) is 23.2 Å². The number of thiophene rings is 1. The number of carbonyl (C=O) groups is 1. The molecule has 2 heterocycles. The van der Waals surface area contributed by atoms with Crippen molar-refractivity contribution in [3.8, 4) is 11.4 Å². The summed E-state index contributed by atoms with van der Waals surface area (Å²) in [4.78, 5) is 16.9. The quantitative estimate of drug-likeness (QED) is 0.415. The first kappa shape index (κ1) is 21.0. The predicted molar refractivity (Wildman–Crippen MR) is 117 cm³/mol. The summed E-state index contributed by atoms with van der Waals surface area (Å²) in [7, 11) is -3.74. The fourth-order valence-corrected chi connectivity index (χ4v) is 4.43. The molecular formula is C20H15ClN4O4S2. The van der Waals surface area contributed by atoms with Gasteiger partial charge in [0.1, 0.15) is 0 Å². The van der Waals surface area contributed by atoms with Crippen LogP contribution in [0.2, 0.25) is 5.02 Å². The second-order valence-corrected chi connectivity index (χ2v) is 9.38. The molecule has 8 nitrogen and oxygen atoms in total. The number of amides is 1. The number of hydrogen-bond donors (Lipinski definition) is 2. The summed E-state index contributed by atoms with van der Waals surface area (Å²) in [5.41, 5.74) is 1.01. The van der Waals surface area contributed by atoms with Crippen LogP contribution in [0.1, 0.15) is 15.6 Å². The van der Waals surface area contributed by atoms with Crippen LogP contribution in [0, 0.1) is 0 Å². The molecule has 0 radical (unpaired) electrons. The van der Waals surface area contributed by atoms with Gasteiger partial charge in [0.25, 0.3) is 15.9 Å². The topological polar surface area (TPSA) is 114 Å². The SMILES string of the molecule is O=C(NCc1nc(-c2ccc(NS(=O)(=O)c3ccc(Cl)cc3)cc2)no1)c1cccs1. The van der Waals surface area contributed by atoms with Gasteiger partial charge in [0.15, 0.2) is 0 Å². The minimum absolute atomic E-state index is 0.0999. The molecule has 4 aromatic rings. The Morgan fingerprint density at radius 2 is 1.81 bits per heavy atom. The van der Waals surface area contributed by atoms with Crippen LogP contribution in [0.15, 0.2) is 75.5 Å². The van der Waals surface area contributed by atoms with Crippen LogP contribution in [-0.4, -0.2) is 24.5 Å². The minimum atomic E-state index is -3.74. The van der Waals surface area contributed by atoms with E-state index in [0.717, 1.165) is 0 Å². The fraction of sp³-hybridized carbons (Fsp3) is 0.0500. The number of sulfonamides is 1. The number of carbonyl (C=O) groups excluding carboxylic acids is 1. The van der Waals surface area contributed by atoms with Crippen molar-refractivity contribution >= 4 is 44.6 Å². The molecule has 2 aromatic heterocycles. The molecule has 0 aliphatic rings. The monoisotopic (exact) mass is 474 g/mol. The summed E-state index contributed by atoms with van der Waals surface area (Å²) >= 11 is 7.14. The van der Waals surface area contributed by atoms with E-state index in [4.69, 9.17) is 16.1 Å². The summed E-state index contributed by atoms with van der Waals surface area (Å²) in [5, 5.41) is 8.88. The van der Waals surface area contributed by atoms with E-state index in [2.05, 4.69) is 20.2 Å². The van der Waals surface area contributed by atoms with E-state index in [9.17, 15) is 13.2 Å². The van der Waals surface area contributed by atoms with Crippen molar-refractivity contribution in [1.29, 1.82) is 0 Å². The normalized spacial score (nSPS) is 11.3. The summed E-state index contributed by atoms with van der Waals surface area (Å²) in [6.45, 7) is 0.0999. The third kappa shape index (κ3) is 5.10. The highest BCUT2D eigenvalue weighted by atomic mass is 35.5. The second kappa shape index (κ2) is 8.88. The maximum Gasteiger partial charge on any atom is 0.261 e. The van der Waals surface area contributed by atoms with Gasteiger partial charge in [-0.05, 0) is 60.0 Å². The van der Waals surface area contributed by atoms with E-state index < -0.39 is 10.0 Å². The van der Waals surface area contributed by atoms with Crippen molar-refractivity contribution in [2.45, 2.75) is 11.4 Å². The lowest BCUT2D eigenvalue weighted by Crippen LogP contribution is -2.21. The van der Waals surface area contributed by atoms with Crippen molar-refractivity contribution in [2.24, 2.45) is 0 Å². The average Bonchev–Trinajstić information content (AvgIpc) is 3.45. The molecule has 0 aliphatic heterocycles. The third-order valence-electron chi connectivity index (χ3n) is 4.13. The lowest BCUT2D eigenvalue weighted by atomic mass is 10.2. The van der Waals surface area contributed by atoms with Gasteiger partial charge in [-0.25, -0.2) is 8.42 Å². The number of nitrogens with one attached hydrogen (secondary N) is 2. The van der Waals surface area contributed by atoms with Gasteiger partial charge < -0.3 is 9.84 Å². The van der Waals surface area contributed by atoms with E-state index in [1.807, 2.05) is 5.38 Å². The molecular weight excluding hydrogens is 460 g/mol. The maximum absolute atomic E-state index is 12.5. The zero-order chi connectivity index (χ0) is 21.8. The summed E-state index contributed by atoms with van der Waals surface area (Å²) in [5.74, 6) is 0.368. The van der Waals surface area contributed by atoms with Crippen LogP contribution in [0.5, 0.6) is 0 Å². The highest BCUT2D eigenvalue weighted by molar-refractivity contribution is 7.92.